The van der Waals surface area contributed by atoms with E-state index in [1.165, 1.54) is 135 Å². The molecule has 3 unspecified atom stereocenters. The normalized spacial score (nSPS) is 20.3. The average molecular weight is 663 g/mol. The number of unbranched alkanes of at least 4 members (excludes halogenated alkanes) is 23. The van der Waals surface area contributed by atoms with Crippen molar-refractivity contribution in [2.75, 3.05) is 0 Å². The van der Waals surface area contributed by atoms with Crippen molar-refractivity contribution in [2.24, 2.45) is 10.8 Å². The summed E-state index contributed by atoms with van der Waals surface area (Å²) in [5.41, 5.74) is -1.86. The number of hydrogen-bond acceptors (Lipinski definition) is 3. The van der Waals surface area contributed by atoms with Crippen LogP contribution >= 0.6 is 0 Å². The van der Waals surface area contributed by atoms with Gasteiger partial charge < -0.3 is 9.84 Å². The van der Waals surface area contributed by atoms with Gasteiger partial charge in [0.05, 0.1) is 0 Å². The van der Waals surface area contributed by atoms with E-state index in [1.807, 2.05) is 6.92 Å². The molecule has 4 nitrogen and oxygen atoms in total. The van der Waals surface area contributed by atoms with E-state index in [4.69, 9.17) is 4.74 Å². The molecule has 0 aromatic heterocycles. The Balaban J connectivity index is 2.66. The van der Waals surface area contributed by atoms with Gasteiger partial charge in [-0.15, -0.1) is 0 Å². The molecule has 1 N–H and O–H groups in total. The first kappa shape index (κ1) is 44.0. The van der Waals surface area contributed by atoms with Crippen LogP contribution in [0.5, 0.6) is 0 Å². The molecule has 4 heteroatoms. The molecule has 3 atom stereocenters. The molecule has 1 aliphatic carbocycles. The third kappa shape index (κ3) is 17.4. The lowest BCUT2D eigenvalue weighted by Crippen LogP contribution is -2.56. The van der Waals surface area contributed by atoms with Gasteiger partial charge in [-0.1, -0.05) is 207 Å². The number of aliphatic carboxylic acids is 1. The highest BCUT2D eigenvalue weighted by Gasteiger charge is 2.63. The van der Waals surface area contributed by atoms with Gasteiger partial charge in [0, 0.05) is 0 Å². The lowest BCUT2D eigenvalue weighted by atomic mass is 9.52. The zero-order valence-electron chi connectivity index (χ0n) is 32.3. The fourth-order valence-electron chi connectivity index (χ4n) is 8.58. The van der Waals surface area contributed by atoms with Gasteiger partial charge in [0.1, 0.15) is 6.10 Å². The van der Waals surface area contributed by atoms with Gasteiger partial charge in [0.25, 0.3) is 0 Å². The summed E-state index contributed by atoms with van der Waals surface area (Å²) in [6, 6.07) is 0. The summed E-state index contributed by atoms with van der Waals surface area (Å²) in [6.45, 7) is 8.71. The molecular weight excluding hydrogens is 580 g/mol. The van der Waals surface area contributed by atoms with Crippen molar-refractivity contribution in [3.8, 4) is 0 Å². The minimum atomic E-state index is -1.39. The van der Waals surface area contributed by atoms with Crippen LogP contribution in [0.3, 0.4) is 0 Å². The molecule has 0 radical (unpaired) electrons. The maximum absolute atomic E-state index is 14.1. The van der Waals surface area contributed by atoms with Crippen molar-refractivity contribution in [3.63, 3.8) is 0 Å². The maximum atomic E-state index is 14.1. The number of carbonyl (C=O) groups is 2. The van der Waals surface area contributed by atoms with Crippen molar-refractivity contribution in [1.29, 1.82) is 0 Å². The first-order valence-electron chi connectivity index (χ1n) is 21.4. The van der Waals surface area contributed by atoms with Crippen LogP contribution < -0.4 is 0 Å². The summed E-state index contributed by atoms with van der Waals surface area (Å²) in [4.78, 5) is 27.3. The van der Waals surface area contributed by atoms with Gasteiger partial charge in [-0.05, 0) is 43.9 Å². The van der Waals surface area contributed by atoms with Gasteiger partial charge in [-0.25, -0.2) is 0 Å². The van der Waals surface area contributed by atoms with E-state index in [-0.39, 0.29) is 6.10 Å². The average Bonchev–Trinajstić information content (AvgIpc) is 3.07. The van der Waals surface area contributed by atoms with Crippen LogP contribution in [-0.2, 0) is 14.3 Å². The second kappa shape index (κ2) is 28.7. The van der Waals surface area contributed by atoms with Gasteiger partial charge in [0.15, 0.2) is 5.41 Å². The molecule has 0 spiro atoms. The number of esters is 1. The largest absolute Gasteiger partial charge is 0.480 e. The molecule has 1 rings (SSSR count). The SMILES string of the molecule is CCCCCCCCCCCCCCCCCCC1(CCCCCCCCCCC)CCCCC1(C(=O)O)C(=O)OC(CC)CCC. The minimum Gasteiger partial charge on any atom is -0.480 e. The van der Waals surface area contributed by atoms with E-state index in [0.29, 0.717) is 6.42 Å². The number of carbonyl (C=O) groups excluding carboxylic acids is 1. The topological polar surface area (TPSA) is 63.6 Å². The van der Waals surface area contributed by atoms with E-state index < -0.39 is 22.8 Å². The standard InChI is InChI=1S/C43H82O4/c1-5-9-11-13-15-17-18-19-20-21-22-23-25-27-29-31-36-42(35-30-28-26-24-16-14-12-10-6-2)37-32-33-38-43(42,40(44)45)41(46)47-39(8-4)34-7-3/h39H,5-38H2,1-4H3,(H,44,45). The van der Waals surface area contributed by atoms with Crippen LogP contribution in [-0.4, -0.2) is 23.1 Å². The van der Waals surface area contributed by atoms with E-state index in [1.54, 1.807) is 0 Å². The molecule has 278 valence electrons. The number of carboxylic acids is 1. The van der Waals surface area contributed by atoms with E-state index in [9.17, 15) is 14.7 Å². The Morgan fingerprint density at radius 3 is 1.23 bits per heavy atom. The summed E-state index contributed by atoms with van der Waals surface area (Å²) in [5.74, 6) is -1.33. The number of hydrogen-bond donors (Lipinski definition) is 1. The van der Waals surface area contributed by atoms with Crippen molar-refractivity contribution >= 4 is 11.9 Å². The fraction of sp³-hybridized carbons (Fsp3) is 0.953. The molecule has 0 aromatic carbocycles. The Bertz CT molecular complexity index is 750. The molecule has 0 bridgehead atoms. The third-order valence-electron chi connectivity index (χ3n) is 11.7. The van der Waals surface area contributed by atoms with Gasteiger partial charge in [-0.3, -0.25) is 9.59 Å². The first-order chi connectivity index (χ1) is 22.9. The van der Waals surface area contributed by atoms with E-state index >= 15 is 0 Å². The fourth-order valence-corrected chi connectivity index (χ4v) is 8.58. The second-order valence-electron chi connectivity index (χ2n) is 15.6. The lowest BCUT2D eigenvalue weighted by Gasteiger charge is -2.50. The van der Waals surface area contributed by atoms with Crippen LogP contribution in [0.2, 0.25) is 0 Å². The second-order valence-corrected chi connectivity index (χ2v) is 15.6. The van der Waals surface area contributed by atoms with Gasteiger partial charge >= 0.3 is 11.9 Å². The highest BCUT2D eigenvalue weighted by molar-refractivity contribution is 6.00. The summed E-state index contributed by atoms with van der Waals surface area (Å²) in [7, 11) is 0. The van der Waals surface area contributed by atoms with Gasteiger partial charge in [-0.2, -0.15) is 0 Å². The number of rotatable bonds is 33. The van der Waals surface area contributed by atoms with Crippen molar-refractivity contribution in [3.05, 3.63) is 0 Å². The predicted octanol–water partition coefficient (Wildman–Crippen LogP) is 14.3. The Morgan fingerprint density at radius 2 is 0.894 bits per heavy atom. The summed E-state index contributed by atoms with van der Waals surface area (Å²) < 4.78 is 6.10. The molecular formula is C43H82O4. The molecule has 0 heterocycles. The van der Waals surface area contributed by atoms with Crippen LogP contribution in [0, 0.1) is 10.8 Å². The Labute approximate surface area is 293 Å². The molecule has 0 amide bonds. The highest BCUT2D eigenvalue weighted by Crippen LogP contribution is 2.58. The van der Waals surface area contributed by atoms with Crippen LogP contribution in [0.25, 0.3) is 0 Å². The number of ether oxygens (including phenoxy) is 1. The van der Waals surface area contributed by atoms with Gasteiger partial charge in [0.2, 0.25) is 0 Å². The molecule has 0 aliphatic heterocycles. The smallest absolute Gasteiger partial charge is 0.324 e. The van der Waals surface area contributed by atoms with Crippen LogP contribution in [0.4, 0.5) is 0 Å². The first-order valence-corrected chi connectivity index (χ1v) is 21.4. The Kier molecular flexibility index (Phi) is 26.9. The molecule has 47 heavy (non-hydrogen) atoms. The zero-order valence-corrected chi connectivity index (χ0v) is 32.3. The molecule has 1 fully saturated rings. The monoisotopic (exact) mass is 663 g/mol. The zero-order chi connectivity index (χ0) is 34.5. The molecule has 1 aliphatic rings. The maximum Gasteiger partial charge on any atom is 0.324 e. The Hall–Kier alpha value is -1.06. The summed E-state index contributed by atoms with van der Waals surface area (Å²) >= 11 is 0. The molecule has 0 saturated heterocycles. The van der Waals surface area contributed by atoms with Crippen molar-refractivity contribution in [2.45, 2.75) is 252 Å². The lowest BCUT2D eigenvalue weighted by molar-refractivity contribution is -0.191. The van der Waals surface area contributed by atoms with Crippen molar-refractivity contribution in [1.82, 2.24) is 0 Å². The van der Waals surface area contributed by atoms with Crippen LogP contribution in [0.15, 0.2) is 0 Å². The van der Waals surface area contributed by atoms with Crippen molar-refractivity contribution < 1.29 is 19.4 Å². The van der Waals surface area contributed by atoms with E-state index in [2.05, 4.69) is 20.8 Å². The third-order valence-corrected chi connectivity index (χ3v) is 11.7. The minimum absolute atomic E-state index is 0.174. The highest BCUT2D eigenvalue weighted by atomic mass is 16.5. The van der Waals surface area contributed by atoms with Crippen LogP contribution in [0.1, 0.15) is 246 Å². The predicted molar refractivity (Wildman–Crippen MR) is 202 cm³/mol. The van der Waals surface area contributed by atoms with E-state index in [0.717, 1.165) is 77.0 Å². The Morgan fingerprint density at radius 1 is 0.532 bits per heavy atom. The number of carboxylic acid groups (broad SMARTS) is 1. The summed E-state index contributed by atoms with van der Waals surface area (Å²) in [5, 5.41) is 10.9. The summed E-state index contributed by atoms with van der Waals surface area (Å²) in [6.07, 6.45) is 39.8. The quantitative estimate of drug-likeness (QED) is 0.0431. The molecule has 1 saturated carbocycles. The molecule has 0 aromatic rings.